The molecule has 0 fully saturated rings. The molecule has 0 aliphatic carbocycles. The Hall–Kier alpha value is -1.51. The van der Waals surface area contributed by atoms with Crippen molar-refractivity contribution in [3.63, 3.8) is 0 Å². The number of Topliss-reactive ketones (excluding diaryl/α,β-unsaturated/α-hetero) is 1. The van der Waals surface area contributed by atoms with Crippen LogP contribution in [0.1, 0.15) is 50.9 Å². The minimum absolute atomic E-state index is 0.165. The number of hydrogen-bond acceptors (Lipinski definition) is 3. The van der Waals surface area contributed by atoms with Crippen molar-refractivity contribution >= 4 is 5.78 Å². The zero-order valence-corrected chi connectivity index (χ0v) is 12.4. The fourth-order valence-electron chi connectivity index (χ4n) is 1.80. The van der Waals surface area contributed by atoms with E-state index in [1.807, 2.05) is 26.0 Å². The van der Waals surface area contributed by atoms with Crippen LogP contribution >= 0.6 is 0 Å². The molecule has 0 aliphatic heterocycles. The van der Waals surface area contributed by atoms with Gasteiger partial charge in [-0.25, -0.2) is 0 Å². The van der Waals surface area contributed by atoms with Crippen LogP contribution in [-0.4, -0.2) is 19.0 Å². The van der Waals surface area contributed by atoms with Gasteiger partial charge in [-0.1, -0.05) is 20.3 Å². The van der Waals surface area contributed by atoms with Crippen molar-refractivity contribution in [2.75, 3.05) is 13.2 Å². The third kappa shape index (κ3) is 4.58. The highest BCUT2D eigenvalue weighted by Crippen LogP contribution is 2.29. The molecule has 1 aromatic rings. The van der Waals surface area contributed by atoms with Crippen LogP contribution in [0.25, 0.3) is 0 Å². The second-order valence-electron chi connectivity index (χ2n) is 4.67. The van der Waals surface area contributed by atoms with Crippen molar-refractivity contribution in [3.8, 4) is 11.5 Å². The van der Waals surface area contributed by atoms with E-state index >= 15 is 0 Å². The van der Waals surface area contributed by atoms with E-state index in [1.165, 1.54) is 0 Å². The summed E-state index contributed by atoms with van der Waals surface area (Å²) in [5, 5.41) is 0. The van der Waals surface area contributed by atoms with Gasteiger partial charge in [0.05, 0.1) is 13.2 Å². The van der Waals surface area contributed by atoms with Crippen molar-refractivity contribution in [1.29, 1.82) is 0 Å². The Bertz CT molecular complexity index is 412. The number of ketones is 1. The summed E-state index contributed by atoms with van der Waals surface area (Å²) in [6, 6.07) is 5.43. The molecule has 0 saturated carbocycles. The van der Waals surface area contributed by atoms with Crippen molar-refractivity contribution in [3.05, 3.63) is 23.8 Å². The van der Waals surface area contributed by atoms with E-state index in [9.17, 15) is 4.79 Å². The average Bonchev–Trinajstić information content (AvgIpc) is 2.41. The smallest absolute Gasteiger partial charge is 0.163 e. The summed E-state index contributed by atoms with van der Waals surface area (Å²) in [7, 11) is 0. The molecule has 0 spiro atoms. The molecular formula is C16H24O3. The Kier molecular flexibility index (Phi) is 6.40. The summed E-state index contributed by atoms with van der Waals surface area (Å²) in [5.41, 5.74) is 0.701. The van der Waals surface area contributed by atoms with Gasteiger partial charge in [0.25, 0.3) is 0 Å². The molecule has 0 bridgehead atoms. The number of hydrogen-bond donors (Lipinski definition) is 0. The van der Waals surface area contributed by atoms with Gasteiger partial charge < -0.3 is 9.47 Å². The van der Waals surface area contributed by atoms with Crippen LogP contribution in [0, 0.1) is 5.92 Å². The Labute approximate surface area is 115 Å². The van der Waals surface area contributed by atoms with Gasteiger partial charge in [0.2, 0.25) is 0 Å². The predicted molar refractivity (Wildman–Crippen MR) is 77.2 cm³/mol. The van der Waals surface area contributed by atoms with E-state index < -0.39 is 0 Å². The van der Waals surface area contributed by atoms with Crippen molar-refractivity contribution in [1.82, 2.24) is 0 Å². The fraction of sp³-hybridized carbons (Fsp3) is 0.562. The molecule has 1 aromatic carbocycles. The Morgan fingerprint density at radius 2 is 1.74 bits per heavy atom. The second-order valence-corrected chi connectivity index (χ2v) is 4.67. The lowest BCUT2D eigenvalue weighted by Crippen LogP contribution is -2.06. The number of benzene rings is 1. The van der Waals surface area contributed by atoms with E-state index in [0.717, 1.165) is 6.42 Å². The molecule has 0 aromatic heterocycles. The van der Waals surface area contributed by atoms with E-state index in [2.05, 4.69) is 13.8 Å². The monoisotopic (exact) mass is 264 g/mol. The maximum atomic E-state index is 12.1. The Morgan fingerprint density at radius 3 is 2.32 bits per heavy atom. The number of carbonyl (C=O) groups excluding carboxylic acids is 1. The first-order valence-electron chi connectivity index (χ1n) is 7.05. The lowest BCUT2D eigenvalue weighted by Gasteiger charge is -2.13. The standard InChI is InChI=1S/C16H24O3/c1-5-12(4)10-14(17)13-8-9-15(18-6-2)16(11-13)19-7-3/h8-9,11-12H,5-7,10H2,1-4H3. The van der Waals surface area contributed by atoms with Gasteiger partial charge in [0.15, 0.2) is 17.3 Å². The van der Waals surface area contributed by atoms with Gasteiger partial charge in [0, 0.05) is 12.0 Å². The lowest BCUT2D eigenvalue weighted by molar-refractivity contribution is 0.0963. The zero-order chi connectivity index (χ0) is 14.3. The summed E-state index contributed by atoms with van der Waals surface area (Å²) >= 11 is 0. The third-order valence-electron chi connectivity index (χ3n) is 3.10. The average molecular weight is 264 g/mol. The molecule has 0 radical (unpaired) electrons. The summed E-state index contributed by atoms with van der Waals surface area (Å²) in [4.78, 5) is 12.1. The largest absolute Gasteiger partial charge is 0.490 e. The van der Waals surface area contributed by atoms with Gasteiger partial charge >= 0.3 is 0 Å². The van der Waals surface area contributed by atoms with Crippen LogP contribution in [0.2, 0.25) is 0 Å². The number of ether oxygens (including phenoxy) is 2. The highest BCUT2D eigenvalue weighted by molar-refractivity contribution is 5.96. The third-order valence-corrected chi connectivity index (χ3v) is 3.10. The van der Waals surface area contributed by atoms with E-state index in [4.69, 9.17) is 9.47 Å². The predicted octanol–water partition coefficient (Wildman–Crippen LogP) is 4.10. The first-order valence-corrected chi connectivity index (χ1v) is 7.05. The normalized spacial score (nSPS) is 12.0. The highest BCUT2D eigenvalue weighted by atomic mass is 16.5. The summed E-state index contributed by atoms with van der Waals surface area (Å²) in [5.74, 6) is 1.93. The minimum atomic E-state index is 0.165. The quantitative estimate of drug-likeness (QED) is 0.663. The van der Waals surface area contributed by atoms with Crippen LogP contribution in [-0.2, 0) is 0 Å². The van der Waals surface area contributed by atoms with Crippen LogP contribution in [0.5, 0.6) is 11.5 Å². The Balaban J connectivity index is 2.90. The summed E-state index contributed by atoms with van der Waals surface area (Å²) in [6.45, 7) is 9.18. The van der Waals surface area contributed by atoms with E-state index in [1.54, 1.807) is 6.07 Å². The van der Waals surface area contributed by atoms with E-state index in [-0.39, 0.29) is 5.78 Å². The molecule has 1 unspecified atom stereocenters. The van der Waals surface area contributed by atoms with Crippen LogP contribution < -0.4 is 9.47 Å². The van der Waals surface area contributed by atoms with Crippen LogP contribution in [0.15, 0.2) is 18.2 Å². The lowest BCUT2D eigenvalue weighted by atomic mass is 9.97. The summed E-state index contributed by atoms with van der Waals surface area (Å²) < 4.78 is 11.0. The SMILES string of the molecule is CCOc1ccc(C(=O)CC(C)CC)cc1OCC. The molecule has 0 saturated heterocycles. The molecule has 0 N–H and O–H groups in total. The second kappa shape index (κ2) is 7.82. The number of carbonyl (C=O) groups is 1. The molecule has 0 amide bonds. The van der Waals surface area contributed by atoms with Gasteiger partial charge in [-0.05, 0) is 38.0 Å². The molecule has 3 heteroatoms. The van der Waals surface area contributed by atoms with Gasteiger partial charge in [-0.2, -0.15) is 0 Å². The van der Waals surface area contributed by atoms with Crippen LogP contribution in [0.4, 0.5) is 0 Å². The zero-order valence-electron chi connectivity index (χ0n) is 12.4. The highest BCUT2D eigenvalue weighted by Gasteiger charge is 2.13. The molecular weight excluding hydrogens is 240 g/mol. The first-order chi connectivity index (χ1) is 9.12. The van der Waals surface area contributed by atoms with Crippen LogP contribution in [0.3, 0.4) is 0 Å². The van der Waals surface area contributed by atoms with Crippen molar-refractivity contribution < 1.29 is 14.3 Å². The first kappa shape index (κ1) is 15.5. The molecule has 106 valence electrons. The van der Waals surface area contributed by atoms with Gasteiger partial charge in [0.1, 0.15) is 0 Å². The van der Waals surface area contributed by atoms with Gasteiger partial charge in [-0.15, -0.1) is 0 Å². The minimum Gasteiger partial charge on any atom is -0.490 e. The molecule has 0 heterocycles. The fourth-order valence-corrected chi connectivity index (χ4v) is 1.80. The Morgan fingerprint density at radius 1 is 1.11 bits per heavy atom. The molecule has 1 atom stereocenters. The van der Waals surface area contributed by atoms with Crippen molar-refractivity contribution in [2.45, 2.75) is 40.5 Å². The maximum absolute atomic E-state index is 12.1. The molecule has 19 heavy (non-hydrogen) atoms. The maximum Gasteiger partial charge on any atom is 0.163 e. The van der Waals surface area contributed by atoms with Gasteiger partial charge in [-0.3, -0.25) is 4.79 Å². The van der Waals surface area contributed by atoms with Crippen molar-refractivity contribution in [2.24, 2.45) is 5.92 Å². The molecule has 3 nitrogen and oxygen atoms in total. The molecule has 1 rings (SSSR count). The molecule has 0 aliphatic rings. The number of rotatable bonds is 8. The van der Waals surface area contributed by atoms with E-state index in [0.29, 0.717) is 42.6 Å². The topological polar surface area (TPSA) is 35.5 Å². The summed E-state index contributed by atoms with van der Waals surface area (Å²) in [6.07, 6.45) is 1.59.